The lowest BCUT2D eigenvalue weighted by Gasteiger charge is -2.29. The molecular weight excluding hydrogens is 278 g/mol. The average Bonchev–Trinajstić information content (AvgIpc) is 2.90. The number of benzene rings is 1. The first-order valence-corrected chi connectivity index (χ1v) is 8.66. The lowest BCUT2D eigenvalue weighted by Crippen LogP contribution is -2.29. The Hall–Kier alpha value is -1.55. The predicted molar refractivity (Wildman–Crippen MR) is 91.1 cm³/mol. The number of hydrogen-bond donors (Lipinski definition) is 1. The summed E-state index contributed by atoms with van der Waals surface area (Å²) in [5.41, 5.74) is 2.37. The van der Waals surface area contributed by atoms with Crippen molar-refractivity contribution in [2.24, 2.45) is 4.99 Å². The van der Waals surface area contributed by atoms with E-state index >= 15 is 0 Å². The first kappa shape index (κ1) is 13.1. The molecule has 108 valence electrons. The molecule has 4 rings (SSSR count). The van der Waals surface area contributed by atoms with Crippen LogP contribution in [0.2, 0.25) is 0 Å². The molecule has 1 aromatic carbocycles. The van der Waals surface area contributed by atoms with E-state index in [9.17, 15) is 0 Å². The Labute approximate surface area is 129 Å². The number of aliphatic imine (C=N–C) groups is 1. The predicted octanol–water partition coefficient (Wildman–Crippen LogP) is 4.45. The van der Waals surface area contributed by atoms with Crippen molar-refractivity contribution >= 4 is 33.5 Å². The molecule has 2 aliphatic rings. The number of thioether (sulfide) groups is 1. The molecule has 4 heteroatoms. The summed E-state index contributed by atoms with van der Waals surface area (Å²) in [6.45, 7) is 0. The van der Waals surface area contributed by atoms with E-state index in [1.165, 1.54) is 37.5 Å². The second-order valence-electron chi connectivity index (χ2n) is 6.03. The summed E-state index contributed by atoms with van der Waals surface area (Å²) in [5, 5.41) is 5.74. The van der Waals surface area contributed by atoms with Crippen LogP contribution in [0.5, 0.6) is 0 Å². The molecule has 1 saturated carbocycles. The quantitative estimate of drug-likeness (QED) is 0.845. The maximum absolute atomic E-state index is 5.01. The fourth-order valence-corrected chi connectivity index (χ4v) is 4.50. The molecule has 0 saturated heterocycles. The van der Waals surface area contributed by atoms with E-state index in [0.717, 1.165) is 22.1 Å². The van der Waals surface area contributed by atoms with Crippen molar-refractivity contribution in [3.63, 3.8) is 0 Å². The normalized spacial score (nSPS) is 20.7. The molecule has 1 aliphatic carbocycles. The first-order chi connectivity index (χ1) is 10.3. The maximum atomic E-state index is 5.01. The number of anilines is 1. The fraction of sp³-hybridized carbons (Fsp3) is 0.412. The van der Waals surface area contributed by atoms with Gasteiger partial charge in [-0.05, 0) is 37.1 Å². The van der Waals surface area contributed by atoms with E-state index in [4.69, 9.17) is 4.99 Å². The van der Waals surface area contributed by atoms with Crippen molar-refractivity contribution < 1.29 is 0 Å². The van der Waals surface area contributed by atoms with Gasteiger partial charge in [0, 0.05) is 23.0 Å². The Kier molecular flexibility index (Phi) is 3.34. The zero-order valence-corrected chi connectivity index (χ0v) is 12.8. The van der Waals surface area contributed by atoms with Crippen LogP contribution in [0.4, 0.5) is 5.69 Å². The highest BCUT2D eigenvalue weighted by Gasteiger charge is 2.36. The third-order valence-corrected chi connectivity index (χ3v) is 5.60. The van der Waals surface area contributed by atoms with E-state index in [1.54, 1.807) is 0 Å². The summed E-state index contributed by atoms with van der Waals surface area (Å²) in [6.07, 6.45) is 8.39. The molecular formula is C17H19N3S. The summed E-state index contributed by atoms with van der Waals surface area (Å²) in [5.74, 6) is 1.14. The Bertz CT molecular complexity index is 689. The van der Waals surface area contributed by atoms with Crippen LogP contribution >= 0.6 is 11.8 Å². The van der Waals surface area contributed by atoms with Crippen LogP contribution in [0, 0.1) is 0 Å². The van der Waals surface area contributed by atoms with Crippen LogP contribution in [-0.4, -0.2) is 21.4 Å². The highest BCUT2D eigenvalue weighted by atomic mass is 32.2. The molecule has 1 N–H and O–H groups in total. The van der Waals surface area contributed by atoms with E-state index in [0.29, 0.717) is 0 Å². The van der Waals surface area contributed by atoms with Crippen molar-refractivity contribution in [1.29, 1.82) is 0 Å². The first-order valence-electron chi connectivity index (χ1n) is 7.68. The number of fused-ring (bicyclic) bond motifs is 1. The third-order valence-electron chi connectivity index (χ3n) is 4.45. The van der Waals surface area contributed by atoms with Gasteiger partial charge in [-0.3, -0.25) is 9.98 Å². The maximum Gasteiger partial charge on any atom is 0.161 e. The number of rotatable bonds is 1. The van der Waals surface area contributed by atoms with Crippen LogP contribution in [0.15, 0.2) is 41.5 Å². The number of nitrogens with zero attached hydrogens (tertiary/aromatic N) is 2. The zero-order chi connectivity index (χ0) is 14.1. The molecule has 2 aromatic rings. The standard InChI is InChI=1S/C17H19N3S/c1-2-8-17(9-3-1)12-21-16(20-17)19-14-6-7-15-13(11-14)5-4-10-18-15/h4-7,10-11H,1-3,8-9,12H2,(H,19,20). The zero-order valence-electron chi connectivity index (χ0n) is 12.0. The summed E-state index contributed by atoms with van der Waals surface area (Å²) < 4.78 is 0. The number of amidine groups is 1. The number of aromatic nitrogens is 1. The van der Waals surface area contributed by atoms with Gasteiger partial charge in [0.1, 0.15) is 0 Å². The van der Waals surface area contributed by atoms with Gasteiger partial charge in [-0.25, -0.2) is 0 Å². The van der Waals surface area contributed by atoms with Crippen molar-refractivity contribution in [1.82, 2.24) is 4.98 Å². The summed E-state index contributed by atoms with van der Waals surface area (Å²) >= 11 is 1.87. The molecule has 0 unspecified atom stereocenters. The van der Waals surface area contributed by atoms with Crippen LogP contribution in [0.3, 0.4) is 0 Å². The number of nitrogens with one attached hydrogen (secondary N) is 1. The summed E-state index contributed by atoms with van der Waals surface area (Å²) in [4.78, 5) is 9.37. The molecule has 3 nitrogen and oxygen atoms in total. The van der Waals surface area contributed by atoms with Gasteiger partial charge in [0.2, 0.25) is 0 Å². The van der Waals surface area contributed by atoms with Crippen molar-refractivity contribution in [2.45, 2.75) is 37.6 Å². The average molecular weight is 297 g/mol. The van der Waals surface area contributed by atoms with E-state index < -0.39 is 0 Å². The molecule has 0 bridgehead atoms. The Morgan fingerprint density at radius 3 is 2.90 bits per heavy atom. The highest BCUT2D eigenvalue weighted by Crippen LogP contribution is 2.39. The second-order valence-corrected chi connectivity index (χ2v) is 6.99. The highest BCUT2D eigenvalue weighted by molar-refractivity contribution is 8.14. The molecule has 0 radical (unpaired) electrons. The van der Waals surface area contributed by atoms with Gasteiger partial charge in [0.15, 0.2) is 5.17 Å². The molecule has 21 heavy (non-hydrogen) atoms. The van der Waals surface area contributed by atoms with Crippen molar-refractivity contribution in [3.8, 4) is 0 Å². The Morgan fingerprint density at radius 2 is 2.00 bits per heavy atom. The fourth-order valence-electron chi connectivity index (χ4n) is 3.29. The molecule has 2 heterocycles. The van der Waals surface area contributed by atoms with E-state index in [2.05, 4.69) is 34.6 Å². The minimum atomic E-state index is 0.226. The lowest BCUT2D eigenvalue weighted by molar-refractivity contribution is 0.335. The molecule has 0 amide bonds. The van der Waals surface area contributed by atoms with Gasteiger partial charge in [-0.2, -0.15) is 0 Å². The smallest absolute Gasteiger partial charge is 0.161 e. The van der Waals surface area contributed by atoms with Gasteiger partial charge >= 0.3 is 0 Å². The van der Waals surface area contributed by atoms with Gasteiger partial charge in [-0.1, -0.05) is 37.1 Å². The van der Waals surface area contributed by atoms with Gasteiger partial charge in [0.05, 0.1) is 11.1 Å². The van der Waals surface area contributed by atoms with Gasteiger partial charge < -0.3 is 5.32 Å². The minimum Gasteiger partial charge on any atom is -0.335 e. The van der Waals surface area contributed by atoms with Crippen LogP contribution < -0.4 is 5.32 Å². The molecule has 1 fully saturated rings. The SMILES string of the molecule is c1cnc2ccc(NC3=NC4(CCCCC4)CS3)cc2c1. The Morgan fingerprint density at radius 1 is 1.10 bits per heavy atom. The van der Waals surface area contributed by atoms with Crippen LogP contribution in [-0.2, 0) is 0 Å². The van der Waals surface area contributed by atoms with Crippen LogP contribution in [0.1, 0.15) is 32.1 Å². The van der Waals surface area contributed by atoms with Crippen molar-refractivity contribution in [3.05, 3.63) is 36.5 Å². The minimum absolute atomic E-state index is 0.226. The molecule has 1 aliphatic heterocycles. The molecule has 1 spiro atoms. The topological polar surface area (TPSA) is 37.3 Å². The van der Waals surface area contributed by atoms with E-state index in [-0.39, 0.29) is 5.54 Å². The summed E-state index contributed by atoms with van der Waals surface area (Å²) in [7, 11) is 0. The Balaban J connectivity index is 1.56. The third kappa shape index (κ3) is 2.64. The lowest BCUT2D eigenvalue weighted by atomic mass is 9.84. The monoisotopic (exact) mass is 297 g/mol. The van der Waals surface area contributed by atoms with Crippen LogP contribution in [0.25, 0.3) is 10.9 Å². The number of hydrogen-bond acceptors (Lipinski definition) is 4. The summed E-state index contributed by atoms with van der Waals surface area (Å²) in [6, 6.07) is 10.4. The van der Waals surface area contributed by atoms with E-state index in [1.807, 2.05) is 24.0 Å². The largest absolute Gasteiger partial charge is 0.335 e. The van der Waals surface area contributed by atoms with Gasteiger partial charge in [0.25, 0.3) is 0 Å². The second kappa shape index (κ2) is 5.34. The van der Waals surface area contributed by atoms with Gasteiger partial charge in [-0.15, -0.1) is 0 Å². The number of pyridine rings is 1. The molecule has 0 atom stereocenters. The van der Waals surface area contributed by atoms with Crippen molar-refractivity contribution in [2.75, 3.05) is 11.1 Å². The molecule has 1 aromatic heterocycles.